The normalized spacial score (nSPS) is 17.3. The van der Waals surface area contributed by atoms with E-state index in [1.165, 1.54) is 30.5 Å². The number of hydrogen-bond donors (Lipinski definition) is 2. The molecule has 1 aliphatic rings. The Kier molecular flexibility index (Phi) is 5.21. The first-order valence-electron chi connectivity index (χ1n) is 7.80. The number of amides is 1. The molecule has 1 heterocycles. The topological polar surface area (TPSA) is 127 Å². The van der Waals surface area contributed by atoms with Gasteiger partial charge in [-0.05, 0) is 18.9 Å². The lowest BCUT2D eigenvalue weighted by Crippen LogP contribution is -2.34. The summed E-state index contributed by atoms with van der Waals surface area (Å²) in [6.07, 6.45) is 2.00. The van der Waals surface area contributed by atoms with Crippen LogP contribution in [0.2, 0.25) is 0 Å². The Balaban J connectivity index is 2.67. The van der Waals surface area contributed by atoms with Gasteiger partial charge in [-0.15, -0.1) is 0 Å². The number of nitrogens with two attached hydrogens (primary N) is 1. The summed E-state index contributed by atoms with van der Waals surface area (Å²) in [5, 5.41) is 20.4. The molecule has 3 N–H and O–H groups in total. The molecule has 0 spiro atoms. The molecule has 1 atom stereocenters. The van der Waals surface area contributed by atoms with Crippen LogP contribution in [-0.2, 0) is 9.59 Å². The zero-order chi connectivity index (χ0) is 18.7. The minimum Gasteiger partial charge on any atom is -0.478 e. The number of nitro groups is 1. The minimum absolute atomic E-state index is 0.00158. The summed E-state index contributed by atoms with van der Waals surface area (Å²) in [6.45, 7) is 4.19. The molecule has 1 aromatic carbocycles. The van der Waals surface area contributed by atoms with E-state index in [4.69, 9.17) is 5.73 Å². The van der Waals surface area contributed by atoms with Crippen molar-refractivity contribution in [1.29, 1.82) is 0 Å². The van der Waals surface area contributed by atoms with Gasteiger partial charge in [0.05, 0.1) is 10.5 Å². The Bertz CT molecular complexity index is 780. The quantitative estimate of drug-likeness (QED) is 0.600. The SMILES string of the molecule is CCC1=C(C(N)=O)C(c2ccc([N+](=O)[O-])cc2)C(C(=O)O)=CN1CC. The van der Waals surface area contributed by atoms with E-state index in [1.54, 1.807) is 4.90 Å². The molecular weight excluding hydrogens is 326 g/mol. The van der Waals surface area contributed by atoms with Gasteiger partial charge in [0.25, 0.3) is 5.69 Å². The van der Waals surface area contributed by atoms with Gasteiger partial charge in [0, 0.05) is 42.1 Å². The van der Waals surface area contributed by atoms with Crippen molar-refractivity contribution in [2.45, 2.75) is 26.2 Å². The van der Waals surface area contributed by atoms with Crippen LogP contribution in [0.4, 0.5) is 5.69 Å². The van der Waals surface area contributed by atoms with Crippen LogP contribution in [0.1, 0.15) is 31.7 Å². The van der Waals surface area contributed by atoms with Gasteiger partial charge in [-0.2, -0.15) is 0 Å². The standard InChI is InChI=1S/C17H19N3O5/c1-3-13-15(16(18)21)14(12(17(22)23)9-19(13)4-2)10-5-7-11(8-6-10)20(24)25/h5-9,14H,3-4H2,1-2H3,(H2,18,21)(H,22,23). The molecule has 0 fully saturated rings. The highest BCUT2D eigenvalue weighted by Crippen LogP contribution is 2.40. The summed E-state index contributed by atoms with van der Waals surface area (Å²) in [6, 6.07) is 5.48. The Morgan fingerprint density at radius 1 is 1.28 bits per heavy atom. The first-order valence-corrected chi connectivity index (χ1v) is 7.80. The summed E-state index contributed by atoms with van der Waals surface area (Å²) in [4.78, 5) is 35.9. The number of aliphatic carboxylic acids is 1. The van der Waals surface area contributed by atoms with Crippen molar-refractivity contribution in [3.05, 3.63) is 63.0 Å². The summed E-state index contributed by atoms with van der Waals surface area (Å²) in [7, 11) is 0. The summed E-state index contributed by atoms with van der Waals surface area (Å²) >= 11 is 0. The molecule has 1 unspecified atom stereocenters. The average Bonchev–Trinajstić information content (AvgIpc) is 2.59. The molecule has 0 aliphatic carbocycles. The Hall–Kier alpha value is -3.16. The molecule has 0 radical (unpaired) electrons. The fourth-order valence-electron chi connectivity index (χ4n) is 3.07. The van der Waals surface area contributed by atoms with Crippen molar-refractivity contribution in [2.75, 3.05) is 6.54 Å². The first kappa shape index (κ1) is 18.2. The van der Waals surface area contributed by atoms with E-state index in [0.29, 0.717) is 24.2 Å². The van der Waals surface area contributed by atoms with E-state index in [2.05, 4.69) is 0 Å². The van der Waals surface area contributed by atoms with Crippen molar-refractivity contribution >= 4 is 17.6 Å². The van der Waals surface area contributed by atoms with E-state index >= 15 is 0 Å². The van der Waals surface area contributed by atoms with Gasteiger partial charge in [-0.3, -0.25) is 14.9 Å². The Labute approximate surface area is 144 Å². The average molecular weight is 345 g/mol. The predicted octanol–water partition coefficient (Wildman–Crippen LogP) is 2.13. The highest BCUT2D eigenvalue weighted by Gasteiger charge is 2.36. The molecule has 1 amide bonds. The second kappa shape index (κ2) is 7.16. The molecule has 0 bridgehead atoms. The van der Waals surface area contributed by atoms with E-state index in [9.17, 15) is 24.8 Å². The van der Waals surface area contributed by atoms with Gasteiger partial charge < -0.3 is 15.7 Å². The van der Waals surface area contributed by atoms with Crippen molar-refractivity contribution in [3.8, 4) is 0 Å². The van der Waals surface area contributed by atoms with Crippen LogP contribution >= 0.6 is 0 Å². The number of hydrogen-bond acceptors (Lipinski definition) is 5. The number of primary amides is 1. The molecule has 1 aliphatic heterocycles. The number of carbonyl (C=O) groups excluding carboxylic acids is 1. The molecule has 25 heavy (non-hydrogen) atoms. The summed E-state index contributed by atoms with van der Waals surface area (Å²) in [5.74, 6) is -2.74. The maximum atomic E-state index is 12.1. The largest absolute Gasteiger partial charge is 0.478 e. The second-order valence-corrected chi connectivity index (χ2v) is 5.54. The molecule has 8 nitrogen and oxygen atoms in total. The van der Waals surface area contributed by atoms with Gasteiger partial charge in [0.15, 0.2) is 0 Å². The monoisotopic (exact) mass is 345 g/mol. The zero-order valence-electron chi connectivity index (χ0n) is 13.9. The number of carboxylic acid groups (broad SMARTS) is 1. The molecule has 1 aromatic rings. The third kappa shape index (κ3) is 3.37. The number of nitro benzene ring substituents is 1. The van der Waals surface area contributed by atoms with Gasteiger partial charge in [-0.25, -0.2) is 4.79 Å². The maximum Gasteiger partial charge on any atom is 0.334 e. The zero-order valence-corrected chi connectivity index (χ0v) is 13.9. The highest BCUT2D eigenvalue weighted by molar-refractivity contribution is 6.00. The Morgan fingerprint density at radius 2 is 1.88 bits per heavy atom. The van der Waals surface area contributed by atoms with Crippen LogP contribution in [-0.4, -0.2) is 33.4 Å². The fourth-order valence-corrected chi connectivity index (χ4v) is 3.07. The molecule has 0 saturated heterocycles. The molecular formula is C17H19N3O5. The number of carboxylic acids is 1. The third-order valence-corrected chi connectivity index (χ3v) is 4.18. The summed E-state index contributed by atoms with van der Waals surface area (Å²) in [5.41, 5.74) is 6.78. The summed E-state index contributed by atoms with van der Waals surface area (Å²) < 4.78 is 0. The van der Waals surface area contributed by atoms with E-state index in [0.717, 1.165) is 0 Å². The van der Waals surface area contributed by atoms with Crippen LogP contribution in [0.3, 0.4) is 0 Å². The van der Waals surface area contributed by atoms with Crippen LogP contribution in [0.25, 0.3) is 0 Å². The molecule has 0 saturated carbocycles. The highest BCUT2D eigenvalue weighted by atomic mass is 16.6. The van der Waals surface area contributed by atoms with Crippen molar-refractivity contribution in [3.63, 3.8) is 0 Å². The van der Waals surface area contributed by atoms with Gasteiger partial charge >= 0.3 is 5.97 Å². The van der Waals surface area contributed by atoms with E-state index < -0.39 is 22.7 Å². The van der Waals surface area contributed by atoms with E-state index in [-0.39, 0.29) is 16.8 Å². The van der Waals surface area contributed by atoms with Gasteiger partial charge in [-0.1, -0.05) is 19.1 Å². The number of non-ortho nitro benzene ring substituents is 1. The number of nitrogens with zero attached hydrogens (tertiary/aromatic N) is 2. The van der Waals surface area contributed by atoms with Crippen LogP contribution in [0.5, 0.6) is 0 Å². The number of benzene rings is 1. The Morgan fingerprint density at radius 3 is 2.28 bits per heavy atom. The van der Waals surface area contributed by atoms with Gasteiger partial charge in [0.2, 0.25) is 5.91 Å². The predicted molar refractivity (Wildman–Crippen MR) is 90.4 cm³/mol. The van der Waals surface area contributed by atoms with Crippen LogP contribution in [0, 0.1) is 10.1 Å². The smallest absolute Gasteiger partial charge is 0.334 e. The molecule has 8 heteroatoms. The minimum atomic E-state index is -1.17. The lowest BCUT2D eigenvalue weighted by Gasteiger charge is -2.34. The lowest BCUT2D eigenvalue weighted by molar-refractivity contribution is -0.384. The van der Waals surface area contributed by atoms with Crippen LogP contribution in [0.15, 0.2) is 47.3 Å². The second-order valence-electron chi connectivity index (χ2n) is 5.54. The molecule has 0 aromatic heterocycles. The van der Waals surface area contributed by atoms with Gasteiger partial charge in [0.1, 0.15) is 0 Å². The third-order valence-electron chi connectivity index (χ3n) is 4.18. The number of allylic oxidation sites excluding steroid dienone is 1. The van der Waals surface area contributed by atoms with E-state index in [1.807, 2.05) is 13.8 Å². The van der Waals surface area contributed by atoms with Crippen molar-refractivity contribution < 1.29 is 19.6 Å². The maximum absolute atomic E-state index is 12.1. The first-order chi connectivity index (χ1) is 11.8. The molecule has 132 valence electrons. The van der Waals surface area contributed by atoms with Crippen molar-refractivity contribution in [1.82, 2.24) is 4.90 Å². The van der Waals surface area contributed by atoms with Crippen molar-refractivity contribution in [2.24, 2.45) is 5.73 Å². The number of carbonyl (C=O) groups is 2. The molecule has 2 rings (SSSR count). The number of rotatable bonds is 6. The fraction of sp³-hybridized carbons (Fsp3) is 0.294. The lowest BCUT2D eigenvalue weighted by atomic mass is 9.80. The van der Waals surface area contributed by atoms with Crippen LogP contribution < -0.4 is 5.73 Å².